The average Bonchev–Trinajstić information content (AvgIpc) is 1.83. The first-order chi connectivity index (χ1) is 3.81. The van der Waals surface area contributed by atoms with Gasteiger partial charge in [0, 0.05) is 7.05 Å². The van der Waals surface area contributed by atoms with Gasteiger partial charge in [0.15, 0.2) is 0 Å². The van der Waals surface area contributed by atoms with Crippen LogP contribution < -0.4 is 11.1 Å². The van der Waals surface area contributed by atoms with Crippen molar-refractivity contribution in [3.05, 3.63) is 0 Å². The van der Waals surface area contributed by atoms with Crippen LogP contribution in [-0.4, -0.2) is 19.5 Å². The molecular weight excluding hydrogens is 140 g/mol. The Morgan fingerprint density at radius 1 is 1.78 bits per heavy atom. The smallest absolute Gasteiger partial charge is 0.295 e. The molecule has 0 aromatic carbocycles. The van der Waals surface area contributed by atoms with Crippen molar-refractivity contribution in [2.45, 2.75) is 0 Å². The zero-order valence-corrected chi connectivity index (χ0v) is 5.92. The van der Waals surface area contributed by atoms with E-state index >= 15 is 0 Å². The van der Waals surface area contributed by atoms with Crippen LogP contribution in [0.4, 0.5) is 0 Å². The maximum Gasteiger partial charge on any atom is 0.295 e. The Balaban J connectivity index is 0. The number of hydrogen-bond acceptors (Lipinski definition) is 2. The van der Waals surface area contributed by atoms with Crippen LogP contribution in [0.5, 0.6) is 0 Å². The lowest BCUT2D eigenvalue weighted by molar-refractivity contribution is -0.115. The third kappa shape index (κ3) is 7.28. The number of carbonyl (C=O) groups excluding carboxylic acids is 1. The number of nitrogens with two attached hydrogens (primary N) is 1. The van der Waals surface area contributed by atoms with Crippen LogP contribution in [-0.2, 0) is 4.79 Å². The van der Waals surface area contributed by atoms with Gasteiger partial charge in [-0.25, -0.2) is 0 Å². The summed E-state index contributed by atoms with van der Waals surface area (Å²) in [6.45, 7) is 0.230. The van der Waals surface area contributed by atoms with Gasteiger partial charge in [0.05, 0.1) is 6.54 Å². The molecule has 0 saturated heterocycles. The van der Waals surface area contributed by atoms with Gasteiger partial charge in [-0.3, -0.25) is 4.79 Å². The van der Waals surface area contributed by atoms with Crippen molar-refractivity contribution in [2.24, 2.45) is 5.73 Å². The summed E-state index contributed by atoms with van der Waals surface area (Å²) in [5.41, 5.74) is 4.98. The molecule has 3 nitrogen and oxygen atoms in total. The fourth-order valence-corrected chi connectivity index (χ4v) is 0.194. The maximum absolute atomic E-state index is 10.2. The fourth-order valence-electron chi connectivity index (χ4n) is 0.194. The molecule has 0 spiro atoms. The van der Waals surface area contributed by atoms with E-state index in [4.69, 9.17) is 5.73 Å². The van der Waals surface area contributed by atoms with Gasteiger partial charge in [-0.15, -0.1) is 12.4 Å². The summed E-state index contributed by atoms with van der Waals surface area (Å²) in [7, 11) is 1.52. The van der Waals surface area contributed by atoms with Gasteiger partial charge < -0.3 is 11.1 Å². The molecule has 0 heterocycles. The van der Waals surface area contributed by atoms with Crippen LogP contribution in [0.3, 0.4) is 0 Å². The molecule has 0 fully saturated rings. The predicted molar refractivity (Wildman–Crippen MR) is 38.1 cm³/mol. The predicted octanol–water partition coefficient (Wildman–Crippen LogP) is -0.884. The van der Waals surface area contributed by atoms with Gasteiger partial charge in [-0.2, -0.15) is 0 Å². The van der Waals surface area contributed by atoms with Crippen LogP contribution in [0.1, 0.15) is 0 Å². The Hall–Kier alpha value is -0.720. The molecule has 0 atom stereocenters. The van der Waals surface area contributed by atoms with Crippen molar-refractivity contribution in [3.63, 3.8) is 0 Å². The highest BCUT2D eigenvalue weighted by Gasteiger charge is 1.82. The van der Waals surface area contributed by atoms with Crippen molar-refractivity contribution < 1.29 is 4.79 Å². The Bertz CT molecular complexity index is 136. The molecule has 1 amide bonds. The quantitative estimate of drug-likeness (QED) is 0.439. The van der Waals surface area contributed by atoms with Crippen LogP contribution in [0.25, 0.3) is 0 Å². The van der Waals surface area contributed by atoms with E-state index in [1.807, 2.05) is 0 Å². The monoisotopic (exact) mass is 148 g/mol. The molecule has 4 heteroatoms. The molecule has 0 aromatic rings. The molecule has 52 valence electrons. The lowest BCUT2D eigenvalue weighted by Gasteiger charge is -1.81. The van der Waals surface area contributed by atoms with Gasteiger partial charge in [0.2, 0.25) is 0 Å². The molecule has 0 radical (unpaired) electrons. The summed E-state index contributed by atoms with van der Waals surface area (Å²) in [6, 6.07) is 0. The average molecular weight is 149 g/mol. The minimum atomic E-state index is -0.296. The SMILES string of the molecule is CNC(=O)C#CCN.Cl. The second-order valence-electron chi connectivity index (χ2n) is 1.09. The molecule has 0 aliphatic rings. The normalized spacial score (nSPS) is 6.00. The first-order valence-electron chi connectivity index (χ1n) is 2.22. The standard InChI is InChI=1S/C5H8N2O.ClH/c1-7-5(8)3-2-4-6;/h4,6H2,1H3,(H,7,8);1H. The molecule has 0 rings (SSSR count). The van der Waals surface area contributed by atoms with Gasteiger partial charge in [-0.1, -0.05) is 5.92 Å². The first-order valence-corrected chi connectivity index (χ1v) is 2.22. The third-order valence-corrected chi connectivity index (χ3v) is 0.531. The molecule has 9 heavy (non-hydrogen) atoms. The second kappa shape index (κ2) is 7.28. The largest absolute Gasteiger partial charge is 0.348 e. The summed E-state index contributed by atoms with van der Waals surface area (Å²) in [6.07, 6.45) is 0. The summed E-state index contributed by atoms with van der Waals surface area (Å²) < 4.78 is 0. The van der Waals surface area contributed by atoms with Crippen LogP contribution in [0.15, 0.2) is 0 Å². The van der Waals surface area contributed by atoms with E-state index in [0.29, 0.717) is 0 Å². The van der Waals surface area contributed by atoms with Crippen LogP contribution >= 0.6 is 12.4 Å². The minimum Gasteiger partial charge on any atom is -0.348 e. The first kappa shape index (κ1) is 11.1. The Morgan fingerprint density at radius 2 is 2.33 bits per heavy atom. The Kier molecular flexibility index (Phi) is 9.00. The van der Waals surface area contributed by atoms with Gasteiger partial charge >= 0.3 is 0 Å². The molecule has 0 bridgehead atoms. The molecule has 0 aromatic heterocycles. The highest BCUT2D eigenvalue weighted by Crippen LogP contribution is 1.53. The van der Waals surface area contributed by atoms with Crippen molar-refractivity contribution in [3.8, 4) is 11.8 Å². The number of nitrogens with one attached hydrogen (secondary N) is 1. The van der Waals surface area contributed by atoms with Crippen molar-refractivity contribution in [2.75, 3.05) is 13.6 Å². The fraction of sp³-hybridized carbons (Fsp3) is 0.400. The van der Waals surface area contributed by atoms with Crippen LogP contribution in [0.2, 0.25) is 0 Å². The number of hydrogen-bond donors (Lipinski definition) is 2. The summed E-state index contributed by atoms with van der Waals surface area (Å²) in [5.74, 6) is 4.38. The summed E-state index contributed by atoms with van der Waals surface area (Å²) in [4.78, 5) is 10.2. The van der Waals surface area contributed by atoms with E-state index in [1.54, 1.807) is 0 Å². The van der Waals surface area contributed by atoms with Crippen molar-refractivity contribution >= 4 is 18.3 Å². The molecule has 0 aliphatic heterocycles. The highest BCUT2D eigenvalue weighted by atomic mass is 35.5. The zero-order chi connectivity index (χ0) is 6.41. The van der Waals surface area contributed by atoms with Crippen LogP contribution in [0, 0.1) is 11.8 Å². The van der Waals surface area contributed by atoms with E-state index in [0.717, 1.165) is 0 Å². The lowest BCUT2D eigenvalue weighted by Crippen LogP contribution is -2.15. The molecule has 3 N–H and O–H groups in total. The van der Waals surface area contributed by atoms with Crippen molar-refractivity contribution in [1.82, 2.24) is 5.32 Å². The molecular formula is C5H9ClN2O. The van der Waals surface area contributed by atoms with E-state index < -0.39 is 0 Å². The highest BCUT2D eigenvalue weighted by molar-refractivity contribution is 5.93. The van der Waals surface area contributed by atoms with E-state index in [1.165, 1.54) is 7.05 Å². The maximum atomic E-state index is 10.2. The molecule has 0 aliphatic carbocycles. The number of rotatable bonds is 0. The zero-order valence-electron chi connectivity index (χ0n) is 5.10. The Morgan fingerprint density at radius 3 is 2.67 bits per heavy atom. The Labute approximate surface area is 60.4 Å². The number of amides is 1. The second-order valence-corrected chi connectivity index (χ2v) is 1.09. The molecule has 0 saturated carbocycles. The number of halogens is 1. The number of carbonyl (C=O) groups is 1. The van der Waals surface area contributed by atoms with Gasteiger partial charge in [-0.05, 0) is 5.92 Å². The summed E-state index contributed by atoms with van der Waals surface area (Å²) >= 11 is 0. The van der Waals surface area contributed by atoms with E-state index in [-0.39, 0.29) is 24.9 Å². The third-order valence-electron chi connectivity index (χ3n) is 0.531. The lowest BCUT2D eigenvalue weighted by atomic mass is 10.5. The minimum absolute atomic E-state index is 0. The van der Waals surface area contributed by atoms with E-state index in [2.05, 4.69) is 17.2 Å². The van der Waals surface area contributed by atoms with Gasteiger partial charge in [0.1, 0.15) is 0 Å². The topological polar surface area (TPSA) is 55.1 Å². The van der Waals surface area contributed by atoms with E-state index in [9.17, 15) is 4.79 Å². The van der Waals surface area contributed by atoms with Crippen molar-refractivity contribution in [1.29, 1.82) is 0 Å². The summed E-state index contributed by atoms with van der Waals surface area (Å²) in [5, 5.41) is 2.33. The van der Waals surface area contributed by atoms with Gasteiger partial charge in [0.25, 0.3) is 5.91 Å². The molecule has 0 unspecified atom stereocenters.